The zero-order chi connectivity index (χ0) is 12.0. The SMILES string of the molecule is CCN[Si](Cl)(c1ccccc1)N(CC)CC. The number of rotatable bonds is 6. The van der Waals surface area contributed by atoms with Gasteiger partial charge in [-0.1, -0.05) is 51.1 Å². The van der Waals surface area contributed by atoms with Crippen LogP contribution in [0.4, 0.5) is 0 Å². The first-order chi connectivity index (χ1) is 7.69. The molecule has 0 amide bonds. The van der Waals surface area contributed by atoms with Gasteiger partial charge in [0.15, 0.2) is 0 Å². The van der Waals surface area contributed by atoms with Crippen molar-refractivity contribution in [3.05, 3.63) is 30.3 Å². The number of nitrogens with one attached hydrogen (secondary N) is 1. The highest BCUT2D eigenvalue weighted by Gasteiger charge is 2.38. The van der Waals surface area contributed by atoms with Crippen molar-refractivity contribution in [3.8, 4) is 0 Å². The molecule has 90 valence electrons. The molecule has 0 aliphatic rings. The summed E-state index contributed by atoms with van der Waals surface area (Å²) < 4.78 is 2.35. The van der Waals surface area contributed by atoms with E-state index in [0.29, 0.717) is 0 Å². The summed E-state index contributed by atoms with van der Waals surface area (Å²) in [5.74, 6) is 0. The lowest BCUT2D eigenvalue weighted by molar-refractivity contribution is 0.469. The molecule has 1 aromatic rings. The first-order valence-corrected chi connectivity index (χ1v) is 8.89. The fourth-order valence-electron chi connectivity index (χ4n) is 1.95. The van der Waals surface area contributed by atoms with Crippen LogP contribution in [0.2, 0.25) is 0 Å². The number of halogens is 1. The Kier molecular flexibility index (Phi) is 5.48. The molecule has 1 unspecified atom stereocenters. The number of hydrogen-bond acceptors (Lipinski definition) is 2. The Morgan fingerprint density at radius 3 is 2.12 bits per heavy atom. The monoisotopic (exact) mass is 256 g/mol. The van der Waals surface area contributed by atoms with Gasteiger partial charge in [-0.05, 0) is 24.8 Å². The van der Waals surface area contributed by atoms with Gasteiger partial charge in [0.2, 0.25) is 0 Å². The van der Waals surface area contributed by atoms with Gasteiger partial charge in [-0.25, -0.2) is 0 Å². The quantitative estimate of drug-likeness (QED) is 0.619. The normalized spacial score (nSPS) is 15.1. The summed E-state index contributed by atoms with van der Waals surface area (Å²) in [6, 6.07) is 10.4. The third kappa shape index (κ3) is 2.86. The molecule has 1 atom stereocenters. The van der Waals surface area contributed by atoms with Crippen molar-refractivity contribution in [2.24, 2.45) is 0 Å². The number of benzene rings is 1. The van der Waals surface area contributed by atoms with Crippen LogP contribution in [0.3, 0.4) is 0 Å². The van der Waals surface area contributed by atoms with Crippen LogP contribution in [0, 0.1) is 0 Å². The first-order valence-electron chi connectivity index (χ1n) is 5.93. The van der Waals surface area contributed by atoms with E-state index in [1.165, 1.54) is 5.19 Å². The Labute approximate surface area is 104 Å². The van der Waals surface area contributed by atoms with Crippen molar-refractivity contribution >= 4 is 24.0 Å². The third-order valence-electron chi connectivity index (χ3n) is 2.77. The van der Waals surface area contributed by atoms with Crippen LogP contribution in [0.25, 0.3) is 0 Å². The zero-order valence-corrected chi connectivity index (χ0v) is 12.1. The minimum Gasteiger partial charge on any atom is -0.310 e. The molecule has 2 nitrogen and oxygen atoms in total. The molecule has 0 saturated carbocycles. The molecule has 0 heterocycles. The van der Waals surface area contributed by atoms with E-state index in [2.05, 4.69) is 54.6 Å². The van der Waals surface area contributed by atoms with Crippen LogP contribution in [-0.4, -0.2) is 31.9 Å². The molecule has 0 fully saturated rings. The van der Waals surface area contributed by atoms with E-state index < -0.39 is 7.71 Å². The van der Waals surface area contributed by atoms with Gasteiger partial charge in [-0.2, -0.15) is 0 Å². The molecule has 0 aliphatic carbocycles. The highest BCUT2D eigenvalue weighted by Crippen LogP contribution is 2.12. The topological polar surface area (TPSA) is 15.3 Å². The summed E-state index contributed by atoms with van der Waals surface area (Å²) in [7, 11) is -2.20. The predicted molar refractivity (Wildman–Crippen MR) is 74.3 cm³/mol. The van der Waals surface area contributed by atoms with E-state index in [0.717, 1.165) is 19.6 Å². The van der Waals surface area contributed by atoms with Gasteiger partial charge in [0, 0.05) is 0 Å². The van der Waals surface area contributed by atoms with E-state index in [1.807, 2.05) is 6.07 Å². The molecule has 16 heavy (non-hydrogen) atoms. The molecule has 1 N–H and O–H groups in total. The van der Waals surface area contributed by atoms with Crippen LogP contribution >= 0.6 is 11.1 Å². The van der Waals surface area contributed by atoms with Crippen LogP contribution in [-0.2, 0) is 0 Å². The van der Waals surface area contributed by atoms with Gasteiger partial charge < -0.3 is 4.98 Å². The fourth-order valence-corrected chi connectivity index (χ4v) is 6.21. The van der Waals surface area contributed by atoms with Gasteiger partial charge in [-0.3, -0.25) is 4.57 Å². The van der Waals surface area contributed by atoms with Gasteiger partial charge in [-0.15, -0.1) is 11.1 Å². The second kappa shape index (κ2) is 6.40. The lowest BCUT2D eigenvalue weighted by atomic mass is 10.4. The minimum atomic E-state index is -2.20. The zero-order valence-electron chi connectivity index (χ0n) is 10.3. The molecule has 0 saturated heterocycles. The highest BCUT2D eigenvalue weighted by atomic mass is 35.6. The van der Waals surface area contributed by atoms with Crippen molar-refractivity contribution in [1.82, 2.24) is 9.55 Å². The van der Waals surface area contributed by atoms with Gasteiger partial charge >= 0.3 is 7.71 Å². The van der Waals surface area contributed by atoms with Crippen molar-refractivity contribution in [1.29, 1.82) is 0 Å². The van der Waals surface area contributed by atoms with Crippen molar-refractivity contribution in [2.45, 2.75) is 20.8 Å². The average molecular weight is 257 g/mol. The Morgan fingerprint density at radius 1 is 1.12 bits per heavy atom. The van der Waals surface area contributed by atoms with Crippen molar-refractivity contribution in [3.63, 3.8) is 0 Å². The molecule has 1 rings (SSSR count). The van der Waals surface area contributed by atoms with E-state index in [4.69, 9.17) is 11.1 Å². The van der Waals surface area contributed by atoms with Crippen LogP contribution in [0.5, 0.6) is 0 Å². The van der Waals surface area contributed by atoms with Crippen LogP contribution in [0.1, 0.15) is 20.8 Å². The number of nitrogens with zero attached hydrogens (tertiary/aromatic N) is 1. The maximum absolute atomic E-state index is 6.88. The van der Waals surface area contributed by atoms with E-state index in [9.17, 15) is 0 Å². The Balaban J connectivity index is 3.05. The Morgan fingerprint density at radius 2 is 1.69 bits per heavy atom. The predicted octanol–water partition coefficient (Wildman–Crippen LogP) is 2.02. The summed E-state index contributed by atoms with van der Waals surface area (Å²) >= 11 is 6.88. The fraction of sp³-hybridized carbons (Fsp3) is 0.500. The maximum Gasteiger partial charge on any atom is 0.337 e. The van der Waals surface area contributed by atoms with Crippen LogP contribution in [0.15, 0.2) is 30.3 Å². The van der Waals surface area contributed by atoms with Crippen molar-refractivity contribution < 1.29 is 0 Å². The lowest BCUT2D eigenvalue weighted by Crippen LogP contribution is -2.67. The average Bonchev–Trinajstić information content (AvgIpc) is 2.32. The smallest absolute Gasteiger partial charge is 0.310 e. The summed E-state index contributed by atoms with van der Waals surface area (Å²) in [5.41, 5.74) is 0. The Bertz CT molecular complexity index is 303. The Hall–Kier alpha value is -0.353. The molecule has 1 aromatic carbocycles. The molecule has 0 bridgehead atoms. The second-order valence-corrected chi connectivity index (χ2v) is 8.14. The third-order valence-corrected chi connectivity index (χ3v) is 7.96. The first kappa shape index (κ1) is 13.7. The van der Waals surface area contributed by atoms with Crippen molar-refractivity contribution in [2.75, 3.05) is 19.6 Å². The molecular formula is C12H21ClN2Si. The minimum absolute atomic E-state index is 0.904. The number of hydrogen-bond donors (Lipinski definition) is 1. The highest BCUT2D eigenvalue weighted by molar-refractivity contribution is 7.24. The van der Waals surface area contributed by atoms with E-state index in [-0.39, 0.29) is 0 Å². The van der Waals surface area contributed by atoms with E-state index in [1.54, 1.807) is 0 Å². The summed E-state index contributed by atoms with van der Waals surface area (Å²) in [6.45, 7) is 9.29. The largest absolute Gasteiger partial charge is 0.337 e. The molecular weight excluding hydrogens is 236 g/mol. The van der Waals surface area contributed by atoms with E-state index >= 15 is 0 Å². The van der Waals surface area contributed by atoms with Gasteiger partial charge in [0.1, 0.15) is 0 Å². The summed E-state index contributed by atoms with van der Waals surface area (Å²) in [4.78, 5) is 3.51. The van der Waals surface area contributed by atoms with Gasteiger partial charge in [0.05, 0.1) is 0 Å². The van der Waals surface area contributed by atoms with Crippen LogP contribution < -0.4 is 10.2 Å². The molecule has 4 heteroatoms. The maximum atomic E-state index is 6.88. The standard InChI is InChI=1S/C12H21ClN2Si/c1-4-14-16(13,15(5-2)6-3)12-10-8-7-9-11-12/h7-11,14H,4-6H2,1-3H3. The molecule has 0 aromatic heterocycles. The molecule has 0 radical (unpaired) electrons. The lowest BCUT2D eigenvalue weighted by Gasteiger charge is -2.36. The second-order valence-electron chi connectivity index (χ2n) is 3.69. The molecule has 0 aliphatic heterocycles. The molecule has 0 spiro atoms. The van der Waals surface area contributed by atoms with Gasteiger partial charge in [0.25, 0.3) is 0 Å². The summed E-state index contributed by atoms with van der Waals surface area (Å²) in [6.07, 6.45) is 0. The summed E-state index contributed by atoms with van der Waals surface area (Å²) in [5, 5.41) is 1.24.